The van der Waals surface area contributed by atoms with E-state index < -0.39 is 25.6 Å². The molecule has 7 heteroatoms. The van der Waals surface area contributed by atoms with Crippen molar-refractivity contribution in [2.45, 2.75) is 4.90 Å². The second-order valence-corrected chi connectivity index (χ2v) is 5.51. The third-order valence-corrected chi connectivity index (χ3v) is 3.33. The highest BCUT2D eigenvalue weighted by atomic mass is 35.7. The van der Waals surface area contributed by atoms with Crippen LogP contribution in [0.2, 0.25) is 0 Å². The highest BCUT2D eigenvalue weighted by Crippen LogP contribution is 2.28. The van der Waals surface area contributed by atoms with E-state index >= 15 is 0 Å². The third kappa shape index (κ3) is 1.74. The van der Waals surface area contributed by atoms with Crippen LogP contribution < -0.4 is 0 Å². The molecule has 0 saturated carbocycles. The first-order valence-corrected chi connectivity index (χ1v) is 6.39. The second-order valence-electron chi connectivity index (χ2n) is 3.01. The van der Waals surface area contributed by atoms with Gasteiger partial charge in [0.2, 0.25) is 0 Å². The van der Waals surface area contributed by atoms with Gasteiger partial charge in [0, 0.05) is 28.3 Å². The van der Waals surface area contributed by atoms with E-state index in [2.05, 4.69) is 4.98 Å². The highest BCUT2D eigenvalue weighted by molar-refractivity contribution is 8.14. The summed E-state index contributed by atoms with van der Waals surface area (Å²) in [6, 6.07) is 3.18. The van der Waals surface area contributed by atoms with E-state index in [4.69, 9.17) is 10.7 Å². The largest absolute Gasteiger partial charge is 0.266 e. The van der Waals surface area contributed by atoms with E-state index in [0.29, 0.717) is 6.07 Å². The quantitative estimate of drug-likeness (QED) is 0.743. The molecule has 0 saturated heterocycles. The zero-order chi connectivity index (χ0) is 11.9. The lowest BCUT2D eigenvalue weighted by Gasteiger charge is -2.04. The number of halogens is 3. The normalized spacial score (nSPS) is 11.9. The van der Waals surface area contributed by atoms with E-state index in [0.717, 1.165) is 0 Å². The molecule has 2 aromatic rings. The Morgan fingerprint density at radius 3 is 2.56 bits per heavy atom. The number of fused-ring (bicyclic) bond motifs is 1. The van der Waals surface area contributed by atoms with Crippen molar-refractivity contribution in [1.82, 2.24) is 4.98 Å². The van der Waals surface area contributed by atoms with Gasteiger partial charge in [-0.25, -0.2) is 17.2 Å². The van der Waals surface area contributed by atoms with E-state index in [9.17, 15) is 17.2 Å². The van der Waals surface area contributed by atoms with Crippen LogP contribution in [0.25, 0.3) is 10.9 Å². The van der Waals surface area contributed by atoms with Gasteiger partial charge in [-0.1, -0.05) is 0 Å². The molecule has 0 bridgehead atoms. The molecule has 0 radical (unpaired) electrons. The Hall–Kier alpha value is -1.27. The molecule has 1 heterocycles. The maximum Gasteiger partial charge on any atom is 0.266 e. The molecular formula is C9H4ClF2NO2S. The van der Waals surface area contributed by atoms with Crippen LogP contribution in [0.3, 0.4) is 0 Å². The zero-order valence-electron chi connectivity index (χ0n) is 7.62. The molecule has 3 nitrogen and oxygen atoms in total. The van der Waals surface area contributed by atoms with Crippen molar-refractivity contribution >= 4 is 30.6 Å². The summed E-state index contributed by atoms with van der Waals surface area (Å²) >= 11 is 0. The average Bonchev–Trinajstić information content (AvgIpc) is 2.15. The Balaban J connectivity index is 3.05. The maximum absolute atomic E-state index is 13.3. The Morgan fingerprint density at radius 2 is 1.94 bits per heavy atom. The van der Waals surface area contributed by atoms with E-state index in [1.807, 2.05) is 0 Å². The van der Waals surface area contributed by atoms with Crippen LogP contribution in [0.4, 0.5) is 8.78 Å². The lowest BCUT2D eigenvalue weighted by molar-refractivity contribution is 0.561. The molecule has 0 aliphatic heterocycles. The maximum atomic E-state index is 13.3. The SMILES string of the molecule is O=S(=O)(Cl)c1c(F)cc(F)c2cccnc12. The molecular weight excluding hydrogens is 260 g/mol. The van der Waals surface area contributed by atoms with E-state index in [1.165, 1.54) is 18.3 Å². The lowest BCUT2D eigenvalue weighted by atomic mass is 10.2. The number of rotatable bonds is 1. The minimum atomic E-state index is -4.31. The van der Waals surface area contributed by atoms with Gasteiger partial charge in [-0.2, -0.15) is 0 Å². The van der Waals surface area contributed by atoms with Crippen molar-refractivity contribution < 1.29 is 17.2 Å². The van der Waals surface area contributed by atoms with E-state index in [1.54, 1.807) is 0 Å². The Kier molecular flexibility index (Phi) is 2.55. The fourth-order valence-electron chi connectivity index (χ4n) is 1.38. The molecule has 0 spiro atoms. The average molecular weight is 264 g/mol. The summed E-state index contributed by atoms with van der Waals surface area (Å²) in [5, 5.41) is -0.0943. The molecule has 0 N–H and O–H groups in total. The zero-order valence-corrected chi connectivity index (χ0v) is 9.19. The predicted octanol–water partition coefficient (Wildman–Crippen LogP) is 2.44. The molecule has 0 aliphatic rings. The van der Waals surface area contributed by atoms with Crippen LogP contribution in [0.1, 0.15) is 0 Å². The van der Waals surface area contributed by atoms with Crippen LogP contribution in [0.5, 0.6) is 0 Å². The lowest BCUT2D eigenvalue weighted by Crippen LogP contribution is -2.00. The van der Waals surface area contributed by atoms with Crippen LogP contribution in [0, 0.1) is 11.6 Å². The van der Waals surface area contributed by atoms with Crippen LogP contribution in [0.15, 0.2) is 29.3 Å². The Labute approximate surface area is 94.1 Å². The monoisotopic (exact) mass is 263 g/mol. The highest BCUT2D eigenvalue weighted by Gasteiger charge is 2.23. The Morgan fingerprint density at radius 1 is 1.25 bits per heavy atom. The van der Waals surface area contributed by atoms with Crippen molar-refractivity contribution in [1.29, 1.82) is 0 Å². The summed E-state index contributed by atoms with van der Waals surface area (Å²) in [5.74, 6) is -2.14. The molecule has 2 rings (SSSR count). The summed E-state index contributed by atoms with van der Waals surface area (Å²) < 4.78 is 48.9. The molecule has 84 valence electrons. The second kappa shape index (κ2) is 3.64. The van der Waals surface area contributed by atoms with Gasteiger partial charge in [-0.05, 0) is 12.1 Å². The number of aromatic nitrogens is 1. The molecule has 0 unspecified atom stereocenters. The predicted molar refractivity (Wildman–Crippen MR) is 54.7 cm³/mol. The molecule has 0 atom stereocenters. The van der Waals surface area contributed by atoms with E-state index in [-0.39, 0.29) is 10.9 Å². The standard InChI is InChI=1S/C9H4ClF2NO2S/c10-16(14,15)9-7(12)4-6(11)5-2-1-3-13-8(5)9/h1-4H. The number of hydrogen-bond acceptors (Lipinski definition) is 3. The summed E-state index contributed by atoms with van der Waals surface area (Å²) in [6.07, 6.45) is 1.23. The molecule has 16 heavy (non-hydrogen) atoms. The van der Waals surface area contributed by atoms with Crippen molar-refractivity contribution in [2.24, 2.45) is 0 Å². The van der Waals surface area contributed by atoms with Gasteiger partial charge in [-0.3, -0.25) is 4.98 Å². The first kappa shape index (κ1) is 11.2. The van der Waals surface area contributed by atoms with Gasteiger partial charge in [0.05, 0.1) is 5.52 Å². The van der Waals surface area contributed by atoms with Gasteiger partial charge in [0.15, 0.2) is 0 Å². The van der Waals surface area contributed by atoms with Gasteiger partial charge in [0.1, 0.15) is 16.5 Å². The number of nitrogens with zero attached hydrogens (tertiary/aromatic N) is 1. The van der Waals surface area contributed by atoms with Gasteiger partial charge in [-0.15, -0.1) is 0 Å². The fourth-order valence-corrected chi connectivity index (χ4v) is 2.50. The summed E-state index contributed by atoms with van der Waals surface area (Å²) in [5.41, 5.74) is -0.310. The molecule has 0 fully saturated rings. The summed E-state index contributed by atoms with van der Waals surface area (Å²) in [6.45, 7) is 0. The number of benzene rings is 1. The smallest absolute Gasteiger partial charge is 0.255 e. The van der Waals surface area contributed by atoms with Crippen LogP contribution in [-0.4, -0.2) is 13.4 Å². The van der Waals surface area contributed by atoms with Crippen molar-refractivity contribution in [3.8, 4) is 0 Å². The summed E-state index contributed by atoms with van der Waals surface area (Å²) in [4.78, 5) is 2.83. The van der Waals surface area contributed by atoms with Crippen molar-refractivity contribution in [2.75, 3.05) is 0 Å². The molecule has 0 aliphatic carbocycles. The Bertz CT molecular complexity index is 673. The van der Waals surface area contributed by atoms with Gasteiger partial charge >= 0.3 is 0 Å². The molecule has 1 aromatic heterocycles. The molecule has 0 amide bonds. The third-order valence-electron chi connectivity index (χ3n) is 1.99. The van der Waals surface area contributed by atoms with Gasteiger partial charge in [0.25, 0.3) is 9.05 Å². The molecule has 1 aromatic carbocycles. The first-order valence-electron chi connectivity index (χ1n) is 4.08. The minimum Gasteiger partial charge on any atom is -0.255 e. The van der Waals surface area contributed by atoms with Crippen LogP contribution in [-0.2, 0) is 9.05 Å². The van der Waals surface area contributed by atoms with Gasteiger partial charge < -0.3 is 0 Å². The topological polar surface area (TPSA) is 47.0 Å². The first-order chi connectivity index (χ1) is 7.41. The minimum absolute atomic E-state index is 0.0943. The van der Waals surface area contributed by atoms with Crippen LogP contribution >= 0.6 is 10.7 Å². The van der Waals surface area contributed by atoms with Crippen molar-refractivity contribution in [3.05, 3.63) is 36.0 Å². The summed E-state index contributed by atoms with van der Waals surface area (Å²) in [7, 11) is 0.756. The number of hydrogen-bond donors (Lipinski definition) is 0. The number of pyridine rings is 1. The van der Waals surface area contributed by atoms with Crippen molar-refractivity contribution in [3.63, 3.8) is 0 Å². The fraction of sp³-hybridized carbons (Fsp3) is 0.